The van der Waals surface area contributed by atoms with Crippen LogP contribution in [0.1, 0.15) is 23.8 Å². The first-order valence-electron chi connectivity index (χ1n) is 9.20. The van der Waals surface area contributed by atoms with Gasteiger partial charge in [-0.25, -0.2) is 13.8 Å². The lowest BCUT2D eigenvalue weighted by Crippen LogP contribution is -2.31. The SMILES string of the molecule is COc1ccc(C2=NN(C(=O)COc3ccc(F)c(F)c3)C(c3ccco3)C2)cc1. The highest BCUT2D eigenvalue weighted by Crippen LogP contribution is 2.33. The first-order chi connectivity index (χ1) is 14.5. The third-order valence-corrected chi connectivity index (χ3v) is 4.71. The van der Waals surface area contributed by atoms with E-state index < -0.39 is 23.6 Å². The molecule has 0 bridgehead atoms. The number of hydrogen-bond acceptors (Lipinski definition) is 5. The van der Waals surface area contributed by atoms with Crippen molar-refractivity contribution < 1.29 is 27.5 Å². The number of hydrogen-bond donors (Lipinski definition) is 0. The Bertz CT molecular complexity index is 1070. The van der Waals surface area contributed by atoms with E-state index in [1.807, 2.05) is 24.3 Å². The van der Waals surface area contributed by atoms with Gasteiger partial charge in [0.1, 0.15) is 23.3 Å². The van der Waals surface area contributed by atoms with Crippen LogP contribution >= 0.6 is 0 Å². The minimum Gasteiger partial charge on any atom is -0.497 e. The molecule has 0 radical (unpaired) electrons. The molecule has 30 heavy (non-hydrogen) atoms. The Hall–Kier alpha value is -3.68. The van der Waals surface area contributed by atoms with Crippen molar-refractivity contribution in [2.45, 2.75) is 12.5 Å². The van der Waals surface area contributed by atoms with Gasteiger partial charge < -0.3 is 13.9 Å². The number of furan rings is 1. The van der Waals surface area contributed by atoms with Gasteiger partial charge in [0.2, 0.25) is 0 Å². The molecular weight excluding hydrogens is 394 g/mol. The van der Waals surface area contributed by atoms with Crippen molar-refractivity contribution in [1.29, 1.82) is 0 Å². The molecule has 1 aliphatic heterocycles. The molecular formula is C22H18F2N2O4. The van der Waals surface area contributed by atoms with Crippen LogP contribution in [0.15, 0.2) is 70.4 Å². The normalized spacial score (nSPS) is 15.8. The van der Waals surface area contributed by atoms with Crippen LogP contribution in [-0.4, -0.2) is 30.3 Å². The highest BCUT2D eigenvalue weighted by Gasteiger charge is 2.35. The van der Waals surface area contributed by atoms with Gasteiger partial charge >= 0.3 is 0 Å². The first-order valence-corrected chi connectivity index (χ1v) is 9.20. The van der Waals surface area contributed by atoms with Gasteiger partial charge in [0, 0.05) is 12.5 Å². The second kappa shape index (κ2) is 8.36. The molecule has 6 nitrogen and oxygen atoms in total. The number of halogens is 2. The Kier molecular flexibility index (Phi) is 5.47. The third kappa shape index (κ3) is 4.03. The van der Waals surface area contributed by atoms with E-state index >= 15 is 0 Å². The maximum absolute atomic E-state index is 13.4. The van der Waals surface area contributed by atoms with Crippen LogP contribution < -0.4 is 9.47 Å². The van der Waals surface area contributed by atoms with Crippen LogP contribution in [0.5, 0.6) is 11.5 Å². The fourth-order valence-corrected chi connectivity index (χ4v) is 3.18. The second-order valence-corrected chi connectivity index (χ2v) is 6.61. The standard InChI is InChI=1S/C22H18F2N2O4/c1-28-15-6-4-14(5-7-15)19-12-20(21-3-2-10-29-21)26(25-19)22(27)13-30-16-8-9-17(23)18(24)11-16/h2-11,20H,12-13H2,1H3. The zero-order valence-corrected chi connectivity index (χ0v) is 16.0. The number of carbonyl (C=O) groups is 1. The fourth-order valence-electron chi connectivity index (χ4n) is 3.18. The summed E-state index contributed by atoms with van der Waals surface area (Å²) in [5.41, 5.74) is 1.56. The third-order valence-electron chi connectivity index (χ3n) is 4.71. The monoisotopic (exact) mass is 412 g/mol. The summed E-state index contributed by atoms with van der Waals surface area (Å²) in [6.07, 6.45) is 1.98. The van der Waals surface area contributed by atoms with E-state index in [0.717, 1.165) is 17.7 Å². The van der Waals surface area contributed by atoms with Crippen LogP contribution in [0.4, 0.5) is 8.78 Å². The summed E-state index contributed by atoms with van der Waals surface area (Å²) in [7, 11) is 1.59. The Balaban J connectivity index is 1.54. The summed E-state index contributed by atoms with van der Waals surface area (Å²) in [6.45, 7) is -0.387. The lowest BCUT2D eigenvalue weighted by molar-refractivity contribution is -0.135. The summed E-state index contributed by atoms with van der Waals surface area (Å²) < 4.78 is 42.4. The molecule has 154 valence electrons. The highest BCUT2D eigenvalue weighted by molar-refractivity contribution is 6.03. The summed E-state index contributed by atoms with van der Waals surface area (Å²) in [5.74, 6) is -1.12. The summed E-state index contributed by atoms with van der Waals surface area (Å²) in [5, 5.41) is 5.78. The van der Waals surface area contributed by atoms with E-state index in [1.54, 1.807) is 19.2 Å². The predicted molar refractivity (Wildman–Crippen MR) is 104 cm³/mol. The van der Waals surface area contributed by atoms with Crippen molar-refractivity contribution in [1.82, 2.24) is 5.01 Å². The first kappa shape index (κ1) is 19.6. The molecule has 0 N–H and O–H groups in total. The molecule has 0 spiro atoms. The van der Waals surface area contributed by atoms with Crippen LogP contribution in [0.25, 0.3) is 0 Å². The van der Waals surface area contributed by atoms with E-state index in [4.69, 9.17) is 13.9 Å². The average molecular weight is 412 g/mol. The molecule has 1 aromatic heterocycles. The van der Waals surface area contributed by atoms with Gasteiger partial charge in [0.25, 0.3) is 5.91 Å². The molecule has 2 aromatic carbocycles. The fraction of sp³-hybridized carbons (Fsp3) is 0.182. The molecule has 1 amide bonds. The quantitative estimate of drug-likeness (QED) is 0.605. The number of amides is 1. The molecule has 3 aromatic rings. The molecule has 0 saturated carbocycles. The van der Waals surface area contributed by atoms with Crippen molar-refractivity contribution in [3.05, 3.63) is 83.8 Å². The Morgan fingerprint density at radius 1 is 1.13 bits per heavy atom. The van der Waals surface area contributed by atoms with E-state index in [9.17, 15) is 13.6 Å². The maximum atomic E-state index is 13.4. The molecule has 0 aliphatic carbocycles. The van der Waals surface area contributed by atoms with Crippen molar-refractivity contribution in [2.75, 3.05) is 13.7 Å². The van der Waals surface area contributed by atoms with E-state index in [1.165, 1.54) is 17.3 Å². The van der Waals surface area contributed by atoms with E-state index in [0.29, 0.717) is 23.6 Å². The highest BCUT2D eigenvalue weighted by atomic mass is 19.2. The molecule has 1 aliphatic rings. The summed E-state index contributed by atoms with van der Waals surface area (Å²) in [6, 6.07) is 13.5. The number of nitrogens with zero attached hydrogens (tertiary/aromatic N) is 2. The van der Waals surface area contributed by atoms with Gasteiger partial charge in [-0.05, 0) is 54.1 Å². The Morgan fingerprint density at radius 3 is 2.57 bits per heavy atom. The van der Waals surface area contributed by atoms with Crippen molar-refractivity contribution in [3.8, 4) is 11.5 Å². The number of carbonyl (C=O) groups excluding carboxylic acids is 1. The van der Waals surface area contributed by atoms with Crippen LogP contribution in [0.3, 0.4) is 0 Å². The minimum atomic E-state index is -1.05. The van der Waals surface area contributed by atoms with E-state index in [-0.39, 0.29) is 12.4 Å². The maximum Gasteiger partial charge on any atom is 0.281 e. The second-order valence-electron chi connectivity index (χ2n) is 6.61. The zero-order chi connectivity index (χ0) is 21.1. The molecule has 1 unspecified atom stereocenters. The van der Waals surface area contributed by atoms with Crippen molar-refractivity contribution >= 4 is 11.6 Å². The summed E-state index contributed by atoms with van der Waals surface area (Å²) in [4.78, 5) is 12.8. The van der Waals surface area contributed by atoms with E-state index in [2.05, 4.69) is 5.10 Å². The number of benzene rings is 2. The van der Waals surface area contributed by atoms with Gasteiger partial charge in [-0.3, -0.25) is 4.79 Å². The van der Waals surface area contributed by atoms with Crippen LogP contribution in [-0.2, 0) is 4.79 Å². The van der Waals surface area contributed by atoms with Crippen molar-refractivity contribution in [3.63, 3.8) is 0 Å². The lowest BCUT2D eigenvalue weighted by Gasteiger charge is -2.20. The van der Waals surface area contributed by atoms with Crippen LogP contribution in [0, 0.1) is 11.6 Å². The molecule has 4 rings (SSSR count). The smallest absolute Gasteiger partial charge is 0.281 e. The predicted octanol–water partition coefficient (Wildman–Crippen LogP) is 4.32. The largest absolute Gasteiger partial charge is 0.497 e. The molecule has 2 heterocycles. The Morgan fingerprint density at radius 2 is 1.90 bits per heavy atom. The Labute approximate surface area is 171 Å². The van der Waals surface area contributed by atoms with Gasteiger partial charge in [0.15, 0.2) is 18.2 Å². The van der Waals surface area contributed by atoms with Crippen molar-refractivity contribution in [2.24, 2.45) is 5.10 Å². The van der Waals surface area contributed by atoms with Gasteiger partial charge in [0.05, 0.1) is 19.1 Å². The number of hydrazone groups is 1. The summed E-state index contributed by atoms with van der Waals surface area (Å²) >= 11 is 0. The van der Waals surface area contributed by atoms with Gasteiger partial charge in [-0.15, -0.1) is 0 Å². The number of methoxy groups -OCH3 is 1. The molecule has 0 saturated heterocycles. The molecule has 8 heteroatoms. The van der Waals surface area contributed by atoms with Gasteiger partial charge in [-0.1, -0.05) is 0 Å². The average Bonchev–Trinajstić information content (AvgIpc) is 3.44. The van der Waals surface area contributed by atoms with Gasteiger partial charge in [-0.2, -0.15) is 5.10 Å². The zero-order valence-electron chi connectivity index (χ0n) is 16.0. The number of ether oxygens (including phenoxy) is 2. The molecule has 1 atom stereocenters. The topological polar surface area (TPSA) is 64.3 Å². The van der Waals surface area contributed by atoms with Crippen LogP contribution in [0.2, 0.25) is 0 Å². The number of rotatable bonds is 6. The lowest BCUT2D eigenvalue weighted by atomic mass is 10.0. The minimum absolute atomic E-state index is 0.0513. The molecule has 0 fully saturated rings.